The van der Waals surface area contributed by atoms with Gasteiger partial charge >= 0.3 is 12.1 Å². The van der Waals surface area contributed by atoms with Gasteiger partial charge < -0.3 is 9.47 Å². The maximum Gasteiger partial charge on any atom is 0.411 e. The molecule has 20 heavy (non-hydrogen) atoms. The van der Waals surface area contributed by atoms with Crippen LogP contribution in [0.5, 0.6) is 0 Å². The Kier molecular flexibility index (Phi) is 5.20. The minimum atomic E-state index is -0.589. The molecule has 1 heterocycles. The number of ether oxygens (including phenoxy) is 2. The number of amides is 1. The monoisotopic (exact) mass is 283 g/mol. The first kappa shape index (κ1) is 16.5. The predicted octanol–water partition coefficient (Wildman–Crippen LogP) is 2.90. The van der Waals surface area contributed by atoms with Crippen LogP contribution in [0.15, 0.2) is 11.1 Å². The fourth-order valence-electron chi connectivity index (χ4n) is 2.30. The molecule has 5 nitrogen and oxygen atoms in total. The van der Waals surface area contributed by atoms with Gasteiger partial charge in [0.25, 0.3) is 0 Å². The quantitative estimate of drug-likeness (QED) is 0.577. The normalized spacial score (nSPS) is 19.9. The molecule has 1 unspecified atom stereocenters. The first-order valence-corrected chi connectivity index (χ1v) is 6.94. The van der Waals surface area contributed by atoms with Crippen molar-refractivity contribution in [2.75, 3.05) is 13.7 Å². The van der Waals surface area contributed by atoms with Crippen LogP contribution in [-0.2, 0) is 14.3 Å². The lowest BCUT2D eigenvalue weighted by Gasteiger charge is -2.36. The average molecular weight is 283 g/mol. The topological polar surface area (TPSA) is 55.8 Å². The van der Waals surface area contributed by atoms with Crippen molar-refractivity contribution in [2.45, 2.75) is 59.1 Å². The van der Waals surface area contributed by atoms with E-state index in [1.165, 1.54) is 17.6 Å². The molecule has 0 N–H and O–H groups in total. The number of carbonyl (C=O) groups excluding carboxylic acids is 2. The van der Waals surface area contributed by atoms with Crippen LogP contribution >= 0.6 is 0 Å². The molecular formula is C15H25NO4. The van der Waals surface area contributed by atoms with Crippen molar-refractivity contribution in [2.24, 2.45) is 0 Å². The van der Waals surface area contributed by atoms with Gasteiger partial charge in [-0.25, -0.2) is 9.59 Å². The Morgan fingerprint density at radius 2 is 1.95 bits per heavy atom. The van der Waals surface area contributed by atoms with E-state index in [1.807, 2.05) is 27.7 Å². The fraction of sp³-hybridized carbons (Fsp3) is 0.733. The van der Waals surface area contributed by atoms with Crippen LogP contribution in [-0.4, -0.2) is 42.3 Å². The summed E-state index contributed by atoms with van der Waals surface area (Å²) in [4.78, 5) is 25.6. The molecule has 1 rings (SSSR count). The molecule has 1 amide bonds. The lowest BCUT2D eigenvalue weighted by molar-refractivity contribution is -0.147. The van der Waals surface area contributed by atoms with E-state index in [0.29, 0.717) is 13.0 Å². The number of carbonyl (C=O) groups is 2. The van der Waals surface area contributed by atoms with Gasteiger partial charge in [-0.05, 0) is 40.5 Å². The standard InChI is InChI=1S/C15H25NO4/c1-7-11-8-12(13(17)19-6)16(9-10(11)2)14(18)20-15(3,4)5/h12H,7-9H2,1-6H3. The number of esters is 1. The molecule has 0 fully saturated rings. The summed E-state index contributed by atoms with van der Waals surface area (Å²) in [6, 6.07) is -0.589. The molecule has 0 bridgehead atoms. The van der Waals surface area contributed by atoms with Crippen molar-refractivity contribution in [3.05, 3.63) is 11.1 Å². The molecule has 114 valence electrons. The first-order chi connectivity index (χ1) is 9.19. The third kappa shape index (κ3) is 3.99. The summed E-state index contributed by atoms with van der Waals surface area (Å²) in [5, 5.41) is 0. The molecule has 1 aliphatic rings. The summed E-state index contributed by atoms with van der Waals surface area (Å²) in [6.45, 7) is 9.88. The summed E-state index contributed by atoms with van der Waals surface area (Å²) in [7, 11) is 1.34. The van der Waals surface area contributed by atoms with Crippen LogP contribution in [0.1, 0.15) is 47.5 Å². The Balaban J connectivity index is 2.99. The number of hydrogen-bond acceptors (Lipinski definition) is 4. The Morgan fingerprint density at radius 1 is 1.35 bits per heavy atom. The van der Waals surface area contributed by atoms with Crippen molar-refractivity contribution in [1.29, 1.82) is 0 Å². The molecule has 0 saturated heterocycles. The van der Waals surface area contributed by atoms with Gasteiger partial charge in [0.1, 0.15) is 11.6 Å². The summed E-state index contributed by atoms with van der Waals surface area (Å²) in [5.41, 5.74) is 1.75. The Morgan fingerprint density at radius 3 is 2.40 bits per heavy atom. The molecule has 1 atom stereocenters. The zero-order valence-electron chi connectivity index (χ0n) is 13.3. The van der Waals surface area contributed by atoms with Crippen LogP contribution < -0.4 is 0 Å². The SMILES string of the molecule is CCC1=C(C)CN(C(=O)OC(C)(C)C)C(C(=O)OC)C1. The second-order valence-corrected chi connectivity index (χ2v) is 6.09. The minimum absolute atomic E-state index is 0.394. The van der Waals surface area contributed by atoms with Crippen molar-refractivity contribution >= 4 is 12.1 Å². The van der Waals surface area contributed by atoms with E-state index in [2.05, 4.69) is 6.92 Å². The molecule has 0 radical (unpaired) electrons. The van der Waals surface area contributed by atoms with E-state index in [0.717, 1.165) is 12.0 Å². The maximum atomic E-state index is 12.3. The molecular weight excluding hydrogens is 258 g/mol. The van der Waals surface area contributed by atoms with Crippen LogP contribution in [0, 0.1) is 0 Å². The lowest BCUT2D eigenvalue weighted by Crippen LogP contribution is -2.50. The van der Waals surface area contributed by atoms with Crippen molar-refractivity contribution in [3.63, 3.8) is 0 Å². The third-order valence-corrected chi connectivity index (χ3v) is 3.36. The molecule has 0 aromatic carbocycles. The van der Waals surface area contributed by atoms with E-state index >= 15 is 0 Å². The summed E-state index contributed by atoms with van der Waals surface area (Å²) < 4.78 is 10.2. The average Bonchev–Trinajstić information content (AvgIpc) is 2.35. The number of nitrogens with zero attached hydrogens (tertiary/aromatic N) is 1. The zero-order valence-corrected chi connectivity index (χ0v) is 13.3. The summed E-state index contributed by atoms with van der Waals surface area (Å²) in [6.07, 6.45) is 0.929. The van der Waals surface area contributed by atoms with Gasteiger partial charge in [-0.15, -0.1) is 0 Å². The van der Waals surface area contributed by atoms with E-state index in [-0.39, 0.29) is 0 Å². The van der Waals surface area contributed by atoms with Gasteiger partial charge in [0.15, 0.2) is 0 Å². The van der Waals surface area contributed by atoms with Crippen LogP contribution in [0.3, 0.4) is 0 Å². The molecule has 0 aliphatic carbocycles. The van der Waals surface area contributed by atoms with Crippen molar-refractivity contribution < 1.29 is 19.1 Å². The number of methoxy groups -OCH3 is 1. The second-order valence-electron chi connectivity index (χ2n) is 6.09. The highest BCUT2D eigenvalue weighted by atomic mass is 16.6. The number of rotatable bonds is 2. The summed E-state index contributed by atoms with van der Waals surface area (Å²) in [5.74, 6) is -0.394. The van der Waals surface area contributed by atoms with Gasteiger partial charge in [0.2, 0.25) is 0 Å². The zero-order chi connectivity index (χ0) is 15.5. The Bertz CT molecular complexity index is 420. The second kappa shape index (κ2) is 6.29. The number of hydrogen-bond donors (Lipinski definition) is 0. The maximum absolute atomic E-state index is 12.3. The highest BCUT2D eigenvalue weighted by molar-refractivity contribution is 5.82. The molecule has 0 spiro atoms. The van der Waals surface area contributed by atoms with Crippen molar-refractivity contribution in [3.8, 4) is 0 Å². The highest BCUT2D eigenvalue weighted by Gasteiger charge is 2.37. The van der Waals surface area contributed by atoms with E-state index in [1.54, 1.807) is 0 Å². The fourth-order valence-corrected chi connectivity index (χ4v) is 2.30. The molecule has 0 aromatic rings. The van der Waals surface area contributed by atoms with E-state index in [9.17, 15) is 9.59 Å². The predicted molar refractivity (Wildman–Crippen MR) is 76.4 cm³/mol. The largest absolute Gasteiger partial charge is 0.467 e. The minimum Gasteiger partial charge on any atom is -0.467 e. The Labute approximate surface area is 120 Å². The third-order valence-electron chi connectivity index (χ3n) is 3.36. The van der Waals surface area contributed by atoms with Crippen LogP contribution in [0.2, 0.25) is 0 Å². The van der Waals surface area contributed by atoms with Gasteiger partial charge in [0, 0.05) is 6.54 Å². The Hall–Kier alpha value is -1.52. The van der Waals surface area contributed by atoms with E-state index < -0.39 is 23.7 Å². The van der Waals surface area contributed by atoms with Gasteiger partial charge in [-0.1, -0.05) is 18.1 Å². The van der Waals surface area contributed by atoms with Crippen LogP contribution in [0.4, 0.5) is 4.79 Å². The van der Waals surface area contributed by atoms with Gasteiger partial charge in [-0.3, -0.25) is 4.90 Å². The molecule has 0 saturated carbocycles. The highest BCUT2D eigenvalue weighted by Crippen LogP contribution is 2.27. The lowest BCUT2D eigenvalue weighted by atomic mass is 9.93. The van der Waals surface area contributed by atoms with E-state index in [4.69, 9.17) is 9.47 Å². The molecule has 5 heteroatoms. The van der Waals surface area contributed by atoms with Gasteiger partial charge in [0.05, 0.1) is 7.11 Å². The first-order valence-electron chi connectivity index (χ1n) is 6.94. The van der Waals surface area contributed by atoms with Gasteiger partial charge in [-0.2, -0.15) is 0 Å². The molecule has 1 aliphatic heterocycles. The van der Waals surface area contributed by atoms with Crippen LogP contribution in [0.25, 0.3) is 0 Å². The smallest absolute Gasteiger partial charge is 0.411 e. The summed E-state index contributed by atoms with van der Waals surface area (Å²) >= 11 is 0. The van der Waals surface area contributed by atoms with Crippen molar-refractivity contribution in [1.82, 2.24) is 4.90 Å². The molecule has 0 aromatic heterocycles.